The van der Waals surface area contributed by atoms with E-state index in [1.54, 1.807) is 0 Å². The Hall–Kier alpha value is -1.72. The molecule has 0 aliphatic heterocycles. The Morgan fingerprint density at radius 3 is 2.61 bits per heavy atom. The summed E-state index contributed by atoms with van der Waals surface area (Å²) in [6.07, 6.45) is 6.89. The first-order valence-corrected chi connectivity index (χ1v) is 11.2. The molecule has 1 aromatic rings. The zero-order chi connectivity index (χ0) is 20.1. The van der Waals surface area contributed by atoms with Crippen molar-refractivity contribution >= 4 is 16.6 Å². The van der Waals surface area contributed by atoms with Gasteiger partial charge in [0.05, 0.1) is 23.3 Å². The number of aliphatic hydroxyl groups excluding tert-OH is 1. The smallest absolute Gasteiger partial charge is 0.166 e. The maximum atomic E-state index is 14.2. The number of fused-ring (bicyclic) bond motifs is 3. The molecule has 0 bridgehead atoms. The fourth-order valence-corrected chi connectivity index (χ4v) is 7.69. The summed E-state index contributed by atoms with van der Waals surface area (Å²) in [5.41, 5.74) is 1.39. The highest BCUT2D eigenvalue weighted by Crippen LogP contribution is 2.60. The predicted octanol–water partition coefficient (Wildman–Crippen LogP) is 3.84. The zero-order valence-corrected chi connectivity index (χ0v) is 17.6. The molecule has 150 valence electrons. The van der Waals surface area contributed by atoms with E-state index >= 15 is 0 Å². The lowest BCUT2D eigenvalue weighted by molar-refractivity contribution is -0.132. The Kier molecular flexibility index (Phi) is 4.87. The lowest BCUT2D eigenvalue weighted by Crippen LogP contribution is -2.69. The molecule has 0 saturated heterocycles. The van der Waals surface area contributed by atoms with Crippen molar-refractivity contribution in [3.05, 3.63) is 53.3 Å². The van der Waals surface area contributed by atoms with Gasteiger partial charge in [-0.15, -0.1) is 0 Å². The summed E-state index contributed by atoms with van der Waals surface area (Å²) in [4.78, 5) is 14.0. The van der Waals surface area contributed by atoms with Crippen molar-refractivity contribution in [1.82, 2.24) is 0 Å². The van der Waals surface area contributed by atoms with E-state index in [-0.39, 0.29) is 17.5 Å². The fraction of sp³-hybridized carbons (Fsp3) is 0.522. The lowest BCUT2D eigenvalue weighted by Gasteiger charge is -2.58. The number of aryl methyl sites for hydroxylation is 1. The van der Waals surface area contributed by atoms with E-state index in [1.807, 2.05) is 38.1 Å². The maximum Gasteiger partial charge on any atom is 0.166 e. The minimum absolute atomic E-state index is 0.0973. The number of ketones is 1. The second-order valence-corrected chi connectivity index (χ2v) is 10.2. The Labute approximate surface area is 169 Å². The van der Waals surface area contributed by atoms with Crippen molar-refractivity contribution in [3.63, 3.8) is 0 Å². The van der Waals surface area contributed by atoms with Gasteiger partial charge in [0.15, 0.2) is 5.78 Å². The molecule has 0 radical (unpaired) electrons. The van der Waals surface area contributed by atoms with E-state index in [0.717, 1.165) is 31.2 Å². The number of rotatable bonds is 3. The molecule has 0 aromatic heterocycles. The van der Waals surface area contributed by atoms with Crippen molar-refractivity contribution in [3.8, 4) is 0 Å². The number of ether oxygens (including phenoxy) is 1. The summed E-state index contributed by atoms with van der Waals surface area (Å²) >= 11 is 0. The summed E-state index contributed by atoms with van der Waals surface area (Å²) in [5.74, 6) is 0.0330. The van der Waals surface area contributed by atoms with Crippen LogP contribution < -0.4 is 0 Å². The maximum absolute atomic E-state index is 14.2. The highest BCUT2D eigenvalue weighted by molar-refractivity contribution is 7.86. The van der Waals surface area contributed by atoms with E-state index in [2.05, 4.69) is 6.08 Å². The van der Waals surface area contributed by atoms with Gasteiger partial charge in [-0.2, -0.15) is 0 Å². The molecule has 4 nitrogen and oxygen atoms in total. The highest BCUT2D eigenvalue weighted by atomic mass is 32.2. The van der Waals surface area contributed by atoms with E-state index in [4.69, 9.17) is 4.74 Å². The second-order valence-electron chi connectivity index (χ2n) is 8.51. The first kappa shape index (κ1) is 19.6. The van der Waals surface area contributed by atoms with Crippen LogP contribution in [-0.2, 0) is 20.3 Å². The molecular weight excluding hydrogens is 372 g/mol. The molecular formula is C23H28O4S. The molecule has 3 aliphatic rings. The number of hydrogen-bond donors (Lipinski definition) is 1. The third-order valence-electron chi connectivity index (χ3n) is 7.08. The first-order valence-electron chi connectivity index (χ1n) is 10.0. The van der Waals surface area contributed by atoms with E-state index in [0.29, 0.717) is 11.3 Å². The Morgan fingerprint density at radius 1 is 1.21 bits per heavy atom. The number of benzene rings is 1. The number of allylic oxidation sites excluding steroid dienone is 3. The molecule has 4 rings (SSSR count). The van der Waals surface area contributed by atoms with Gasteiger partial charge in [-0.1, -0.05) is 42.7 Å². The average Bonchev–Trinajstić information content (AvgIpc) is 2.71. The van der Waals surface area contributed by atoms with Crippen LogP contribution in [0.5, 0.6) is 0 Å². The average molecular weight is 401 g/mol. The Balaban J connectivity index is 1.98. The topological polar surface area (TPSA) is 63.6 Å². The third-order valence-corrected chi connectivity index (χ3v) is 9.35. The SMILES string of the molecule is COC1=CC(=O)[C@]2(C)CC=C3CCCC[C@@H]3[C@]2([S@@](=O)c2ccc(C)cc2)[C@@H]1O. The van der Waals surface area contributed by atoms with Gasteiger partial charge in [-0.05, 0) is 44.7 Å². The van der Waals surface area contributed by atoms with Crippen molar-refractivity contribution in [1.29, 1.82) is 0 Å². The normalized spacial score (nSPS) is 35.9. The molecule has 1 N–H and O–H groups in total. The van der Waals surface area contributed by atoms with Gasteiger partial charge < -0.3 is 9.84 Å². The fourth-order valence-electron chi connectivity index (χ4n) is 5.48. The van der Waals surface area contributed by atoms with E-state index in [1.165, 1.54) is 18.8 Å². The first-order chi connectivity index (χ1) is 13.4. The van der Waals surface area contributed by atoms with Gasteiger partial charge >= 0.3 is 0 Å². The molecule has 1 saturated carbocycles. The molecule has 3 aliphatic carbocycles. The van der Waals surface area contributed by atoms with Gasteiger partial charge in [-0.25, -0.2) is 0 Å². The van der Waals surface area contributed by atoms with Crippen LogP contribution in [0, 0.1) is 18.3 Å². The molecule has 5 atom stereocenters. The minimum Gasteiger partial charge on any atom is -0.498 e. The van der Waals surface area contributed by atoms with Crippen LogP contribution in [0.1, 0.15) is 44.6 Å². The van der Waals surface area contributed by atoms with Crippen LogP contribution in [0.3, 0.4) is 0 Å². The molecule has 0 heterocycles. The number of carbonyl (C=O) groups is 1. The monoisotopic (exact) mass is 400 g/mol. The van der Waals surface area contributed by atoms with Crippen LogP contribution in [0.4, 0.5) is 0 Å². The van der Waals surface area contributed by atoms with Crippen LogP contribution in [0.25, 0.3) is 0 Å². The quantitative estimate of drug-likeness (QED) is 0.783. The van der Waals surface area contributed by atoms with E-state index < -0.39 is 27.1 Å². The van der Waals surface area contributed by atoms with Crippen molar-refractivity contribution < 1.29 is 18.8 Å². The second kappa shape index (κ2) is 6.96. The largest absolute Gasteiger partial charge is 0.498 e. The molecule has 28 heavy (non-hydrogen) atoms. The van der Waals surface area contributed by atoms with Crippen LogP contribution >= 0.6 is 0 Å². The van der Waals surface area contributed by atoms with E-state index in [9.17, 15) is 14.1 Å². The Bertz CT molecular complexity index is 884. The minimum atomic E-state index is -1.58. The van der Waals surface area contributed by atoms with Gasteiger partial charge in [0.2, 0.25) is 0 Å². The molecule has 1 fully saturated rings. The summed E-state index contributed by atoms with van der Waals surface area (Å²) in [7, 11) is -0.113. The van der Waals surface area contributed by atoms with Gasteiger partial charge in [-0.3, -0.25) is 9.00 Å². The van der Waals surface area contributed by atoms with Gasteiger partial charge in [0.25, 0.3) is 0 Å². The Morgan fingerprint density at radius 2 is 1.93 bits per heavy atom. The molecule has 0 amide bonds. The lowest BCUT2D eigenvalue weighted by atomic mass is 9.54. The standard InChI is InChI=1S/C23H28O4S/c1-15-8-10-17(11-9-15)28(26)23-18-7-5-4-6-16(18)12-13-22(23,2)20(24)14-19(27-3)21(23)25/h8-12,14,18,21,25H,4-7,13H2,1-3H3/t18-,21+,22-,23-,28-/m0/s1. The van der Waals surface area contributed by atoms with Crippen LogP contribution in [0.2, 0.25) is 0 Å². The number of methoxy groups -OCH3 is 1. The van der Waals surface area contributed by atoms with Crippen molar-refractivity contribution in [2.24, 2.45) is 11.3 Å². The summed E-state index contributed by atoms with van der Waals surface area (Å²) in [5, 5.41) is 11.6. The molecule has 0 spiro atoms. The van der Waals surface area contributed by atoms with Crippen LogP contribution in [-0.4, -0.2) is 33.1 Å². The highest BCUT2D eigenvalue weighted by Gasteiger charge is 2.68. The molecule has 1 aromatic carbocycles. The predicted molar refractivity (Wildman–Crippen MR) is 109 cm³/mol. The van der Waals surface area contributed by atoms with Gasteiger partial charge in [0.1, 0.15) is 16.6 Å². The van der Waals surface area contributed by atoms with Crippen molar-refractivity contribution in [2.45, 2.75) is 61.7 Å². The zero-order valence-electron chi connectivity index (χ0n) is 16.7. The third kappa shape index (κ3) is 2.52. The molecule has 0 unspecified atom stereocenters. The number of carbonyl (C=O) groups excluding carboxylic acids is 1. The summed E-state index contributed by atoms with van der Waals surface area (Å²) < 4.78 is 18.5. The van der Waals surface area contributed by atoms with Crippen molar-refractivity contribution in [2.75, 3.05) is 7.11 Å². The van der Waals surface area contributed by atoms with Gasteiger partial charge in [0, 0.05) is 16.9 Å². The number of aliphatic hydroxyl groups is 1. The summed E-state index contributed by atoms with van der Waals surface area (Å²) in [6.45, 7) is 3.87. The van der Waals surface area contributed by atoms with Crippen LogP contribution in [0.15, 0.2) is 52.6 Å². The number of hydrogen-bond acceptors (Lipinski definition) is 4. The summed E-state index contributed by atoms with van der Waals surface area (Å²) in [6, 6.07) is 7.60. The molecule has 5 heteroatoms.